The molecular formula is C28H31N3O6. The zero-order valence-electron chi connectivity index (χ0n) is 21.3. The molecule has 1 heterocycles. The standard InChI is InChI=1S/C28H31N3O6/c1-5-35-28(34)21-11-8-10-20(15-21)24-14-13-22(37-24)16-29-31-27(33)26(18(2)3)30-25(32)17-36-23-12-7-6-9-19(23)4/h6-16,18,26H,5,17H2,1-4H3,(H,30,32)(H,31,33)/b29-16-/t26-/m0/s1. The van der Waals surface area contributed by atoms with Crippen molar-refractivity contribution in [2.24, 2.45) is 11.0 Å². The van der Waals surface area contributed by atoms with E-state index in [1.54, 1.807) is 43.3 Å². The molecule has 0 aliphatic heterocycles. The van der Waals surface area contributed by atoms with Gasteiger partial charge in [-0.3, -0.25) is 9.59 Å². The molecule has 0 aliphatic carbocycles. The number of benzene rings is 2. The number of nitrogens with zero attached hydrogens (tertiary/aromatic N) is 1. The van der Waals surface area contributed by atoms with Crippen molar-refractivity contribution in [1.29, 1.82) is 0 Å². The molecule has 0 saturated carbocycles. The second-order valence-corrected chi connectivity index (χ2v) is 8.58. The van der Waals surface area contributed by atoms with Crippen molar-refractivity contribution < 1.29 is 28.3 Å². The van der Waals surface area contributed by atoms with Gasteiger partial charge in [-0.25, -0.2) is 10.2 Å². The van der Waals surface area contributed by atoms with Crippen LogP contribution in [0.15, 0.2) is 70.2 Å². The molecule has 1 aromatic heterocycles. The van der Waals surface area contributed by atoms with Crippen LogP contribution in [0.2, 0.25) is 0 Å². The van der Waals surface area contributed by atoms with Gasteiger partial charge in [-0.15, -0.1) is 0 Å². The van der Waals surface area contributed by atoms with Crippen LogP contribution in [0.1, 0.15) is 42.5 Å². The topological polar surface area (TPSA) is 119 Å². The lowest BCUT2D eigenvalue weighted by Gasteiger charge is -2.20. The van der Waals surface area contributed by atoms with Crippen molar-refractivity contribution >= 4 is 24.0 Å². The number of esters is 1. The molecule has 0 aliphatic rings. The van der Waals surface area contributed by atoms with Crippen molar-refractivity contribution in [3.05, 3.63) is 77.6 Å². The van der Waals surface area contributed by atoms with Crippen LogP contribution in [-0.2, 0) is 14.3 Å². The van der Waals surface area contributed by atoms with Crippen LogP contribution in [-0.4, -0.2) is 43.3 Å². The van der Waals surface area contributed by atoms with Crippen LogP contribution in [0.5, 0.6) is 5.75 Å². The van der Waals surface area contributed by atoms with Crippen molar-refractivity contribution in [3.63, 3.8) is 0 Å². The Hall–Kier alpha value is -4.40. The van der Waals surface area contributed by atoms with Crippen LogP contribution in [0.3, 0.4) is 0 Å². The number of hydrazone groups is 1. The fraction of sp³-hybridized carbons (Fsp3) is 0.286. The van der Waals surface area contributed by atoms with E-state index in [-0.39, 0.29) is 12.5 Å². The third-order valence-electron chi connectivity index (χ3n) is 5.37. The van der Waals surface area contributed by atoms with Gasteiger partial charge in [0.25, 0.3) is 11.8 Å². The second kappa shape index (κ2) is 13.1. The third-order valence-corrected chi connectivity index (χ3v) is 5.37. The molecule has 37 heavy (non-hydrogen) atoms. The Morgan fingerprint density at radius 2 is 1.84 bits per heavy atom. The predicted octanol–water partition coefficient (Wildman–Crippen LogP) is 4.10. The first-order valence-corrected chi connectivity index (χ1v) is 12.0. The third kappa shape index (κ3) is 7.79. The summed E-state index contributed by atoms with van der Waals surface area (Å²) in [7, 11) is 0. The minimum Gasteiger partial charge on any atom is -0.484 e. The highest BCUT2D eigenvalue weighted by Crippen LogP contribution is 2.23. The lowest BCUT2D eigenvalue weighted by Crippen LogP contribution is -2.49. The normalized spacial score (nSPS) is 11.8. The number of hydrogen-bond acceptors (Lipinski definition) is 7. The van der Waals surface area contributed by atoms with Crippen LogP contribution < -0.4 is 15.5 Å². The minimum atomic E-state index is -0.803. The fourth-order valence-corrected chi connectivity index (χ4v) is 3.43. The highest BCUT2D eigenvalue weighted by molar-refractivity contribution is 5.91. The summed E-state index contributed by atoms with van der Waals surface area (Å²) in [6, 6.07) is 16.9. The van der Waals surface area contributed by atoms with Crippen LogP contribution in [0.25, 0.3) is 11.3 Å². The van der Waals surface area contributed by atoms with E-state index in [2.05, 4.69) is 15.8 Å². The number of carbonyl (C=O) groups excluding carboxylic acids is 3. The summed E-state index contributed by atoms with van der Waals surface area (Å²) >= 11 is 0. The maximum atomic E-state index is 12.7. The van der Waals surface area contributed by atoms with E-state index in [0.717, 1.165) is 5.56 Å². The van der Waals surface area contributed by atoms with Gasteiger partial charge in [-0.05, 0) is 55.7 Å². The highest BCUT2D eigenvalue weighted by Gasteiger charge is 2.24. The number of carbonyl (C=O) groups is 3. The highest BCUT2D eigenvalue weighted by atomic mass is 16.5. The van der Waals surface area contributed by atoms with E-state index in [4.69, 9.17) is 13.9 Å². The number of aryl methyl sites for hydroxylation is 1. The summed E-state index contributed by atoms with van der Waals surface area (Å²) in [4.78, 5) is 37.0. The number of furan rings is 1. The van der Waals surface area contributed by atoms with Gasteiger partial charge >= 0.3 is 5.97 Å². The number of amides is 2. The van der Waals surface area contributed by atoms with Gasteiger partial charge in [-0.1, -0.05) is 44.2 Å². The first-order valence-electron chi connectivity index (χ1n) is 12.0. The molecule has 0 bridgehead atoms. The van der Waals surface area contributed by atoms with E-state index in [9.17, 15) is 14.4 Å². The quantitative estimate of drug-likeness (QED) is 0.230. The number of hydrogen-bond donors (Lipinski definition) is 2. The van der Waals surface area contributed by atoms with Gasteiger partial charge in [0.1, 0.15) is 23.3 Å². The zero-order valence-corrected chi connectivity index (χ0v) is 21.3. The molecule has 0 unspecified atom stereocenters. The Morgan fingerprint density at radius 3 is 2.57 bits per heavy atom. The number of para-hydroxylation sites is 1. The predicted molar refractivity (Wildman–Crippen MR) is 139 cm³/mol. The summed E-state index contributed by atoms with van der Waals surface area (Å²) < 4.78 is 16.4. The SMILES string of the molecule is CCOC(=O)c1cccc(-c2ccc(/C=N\NC(=O)[C@@H](NC(=O)COc3ccccc3C)C(C)C)o2)c1. The van der Waals surface area contributed by atoms with E-state index >= 15 is 0 Å². The molecule has 0 saturated heterocycles. The minimum absolute atomic E-state index is 0.181. The second-order valence-electron chi connectivity index (χ2n) is 8.58. The maximum absolute atomic E-state index is 12.7. The fourth-order valence-electron chi connectivity index (χ4n) is 3.43. The van der Waals surface area contributed by atoms with Crippen molar-refractivity contribution in [2.45, 2.75) is 33.7 Å². The summed E-state index contributed by atoms with van der Waals surface area (Å²) in [5.41, 5.74) is 4.47. The van der Waals surface area contributed by atoms with Gasteiger partial charge in [0.05, 0.1) is 18.4 Å². The first-order chi connectivity index (χ1) is 17.8. The smallest absolute Gasteiger partial charge is 0.338 e. The lowest BCUT2D eigenvalue weighted by molar-refractivity contribution is -0.131. The van der Waals surface area contributed by atoms with Crippen LogP contribution >= 0.6 is 0 Å². The summed E-state index contributed by atoms with van der Waals surface area (Å²) in [5, 5.41) is 6.65. The van der Waals surface area contributed by atoms with Gasteiger partial charge in [-0.2, -0.15) is 5.10 Å². The molecule has 2 amide bonds. The van der Waals surface area contributed by atoms with Crippen LogP contribution in [0.4, 0.5) is 0 Å². The molecule has 0 fully saturated rings. The number of rotatable bonds is 11. The van der Waals surface area contributed by atoms with Crippen LogP contribution in [0, 0.1) is 12.8 Å². The van der Waals surface area contributed by atoms with Crippen molar-refractivity contribution in [3.8, 4) is 17.1 Å². The Morgan fingerprint density at radius 1 is 1.05 bits per heavy atom. The molecule has 9 nitrogen and oxygen atoms in total. The van der Waals surface area contributed by atoms with Gasteiger partial charge in [0, 0.05) is 5.56 Å². The van der Waals surface area contributed by atoms with Crippen molar-refractivity contribution in [2.75, 3.05) is 13.2 Å². The molecule has 194 valence electrons. The average Bonchev–Trinajstić information content (AvgIpc) is 3.36. The van der Waals surface area contributed by atoms with E-state index in [1.807, 2.05) is 45.0 Å². The molecule has 0 spiro atoms. The first kappa shape index (κ1) is 27.2. The lowest BCUT2D eigenvalue weighted by atomic mass is 10.0. The molecule has 3 rings (SSSR count). The van der Waals surface area contributed by atoms with Gasteiger partial charge in [0.15, 0.2) is 6.61 Å². The Bertz CT molecular complexity index is 1260. The Kier molecular flexibility index (Phi) is 9.60. The van der Waals surface area contributed by atoms with Gasteiger partial charge < -0.3 is 19.2 Å². The maximum Gasteiger partial charge on any atom is 0.338 e. The summed E-state index contributed by atoms with van der Waals surface area (Å²) in [6.45, 7) is 7.35. The Labute approximate surface area is 215 Å². The van der Waals surface area contributed by atoms with Crippen molar-refractivity contribution in [1.82, 2.24) is 10.7 Å². The van der Waals surface area contributed by atoms with E-state index in [0.29, 0.717) is 35.0 Å². The molecule has 2 N–H and O–H groups in total. The monoisotopic (exact) mass is 505 g/mol. The Balaban J connectivity index is 1.56. The number of ether oxygens (including phenoxy) is 2. The molecular weight excluding hydrogens is 474 g/mol. The summed E-state index contributed by atoms with van der Waals surface area (Å²) in [6.07, 6.45) is 1.36. The largest absolute Gasteiger partial charge is 0.484 e. The number of nitrogens with one attached hydrogen (secondary N) is 2. The van der Waals surface area contributed by atoms with Gasteiger partial charge in [0.2, 0.25) is 0 Å². The molecule has 0 radical (unpaired) electrons. The molecule has 1 atom stereocenters. The zero-order chi connectivity index (χ0) is 26.8. The average molecular weight is 506 g/mol. The van der Waals surface area contributed by atoms with E-state index in [1.165, 1.54) is 6.21 Å². The molecule has 2 aromatic carbocycles. The summed E-state index contributed by atoms with van der Waals surface area (Å²) in [5.74, 6) is 0.0615. The molecule has 3 aromatic rings. The van der Waals surface area contributed by atoms with E-state index < -0.39 is 23.8 Å². The molecule has 9 heteroatoms.